The Morgan fingerprint density at radius 2 is 1.75 bits per heavy atom. The molecule has 0 saturated carbocycles. The van der Waals surface area contributed by atoms with Crippen molar-refractivity contribution >= 4 is 5.82 Å². The second kappa shape index (κ2) is 8.87. The van der Waals surface area contributed by atoms with E-state index in [4.69, 9.17) is 14.2 Å². The van der Waals surface area contributed by atoms with Gasteiger partial charge in [0.15, 0.2) is 0 Å². The highest BCUT2D eigenvalue weighted by atomic mass is 19.4. The third-order valence-electron chi connectivity index (χ3n) is 4.82. The SMILES string of the molecule is O=[N+]([O-])c1cn2c(n1)OC[C@@H](OCCOc1ccc(-c3ccc(C(F)(F)F)cc3)cc1)C2. The molecule has 8 nitrogen and oxygen atoms in total. The van der Waals surface area contributed by atoms with Crippen LogP contribution in [0.2, 0.25) is 0 Å². The molecule has 0 aliphatic carbocycles. The van der Waals surface area contributed by atoms with E-state index in [1.54, 1.807) is 24.3 Å². The van der Waals surface area contributed by atoms with Crippen molar-refractivity contribution in [1.29, 1.82) is 0 Å². The van der Waals surface area contributed by atoms with Crippen LogP contribution in [0, 0.1) is 10.1 Å². The van der Waals surface area contributed by atoms with Crippen molar-refractivity contribution in [2.45, 2.75) is 18.8 Å². The first kappa shape index (κ1) is 21.6. The fraction of sp³-hybridized carbons (Fsp3) is 0.286. The minimum Gasteiger partial charge on any atom is -0.491 e. The first-order valence-corrected chi connectivity index (χ1v) is 9.66. The molecular weight excluding hydrogens is 431 g/mol. The summed E-state index contributed by atoms with van der Waals surface area (Å²) in [5.41, 5.74) is 0.753. The maximum Gasteiger partial charge on any atom is 0.416 e. The third kappa shape index (κ3) is 4.99. The molecule has 1 aliphatic rings. The molecule has 1 aliphatic heterocycles. The van der Waals surface area contributed by atoms with Gasteiger partial charge in [-0.2, -0.15) is 13.2 Å². The number of imidazole rings is 1. The number of nitro groups is 1. The lowest BCUT2D eigenvalue weighted by atomic mass is 10.0. The topological polar surface area (TPSA) is 88.7 Å². The number of alkyl halides is 3. The number of fused-ring (bicyclic) bond motifs is 1. The zero-order valence-corrected chi connectivity index (χ0v) is 16.6. The molecule has 11 heteroatoms. The zero-order valence-electron chi connectivity index (χ0n) is 16.6. The molecule has 0 saturated heterocycles. The Morgan fingerprint density at radius 1 is 1.09 bits per heavy atom. The maximum absolute atomic E-state index is 12.7. The number of hydrogen-bond donors (Lipinski definition) is 0. The van der Waals surface area contributed by atoms with Gasteiger partial charge in [-0.1, -0.05) is 24.3 Å². The Hall–Kier alpha value is -3.60. The first-order valence-electron chi connectivity index (χ1n) is 9.66. The number of nitrogens with zero attached hydrogens (tertiary/aromatic N) is 3. The summed E-state index contributed by atoms with van der Waals surface area (Å²) in [6.07, 6.45) is -3.34. The minimum atomic E-state index is -4.36. The average Bonchev–Trinajstić information content (AvgIpc) is 3.21. The highest BCUT2D eigenvalue weighted by Gasteiger charge is 2.30. The number of halogens is 3. The molecule has 0 amide bonds. The van der Waals surface area contributed by atoms with Gasteiger partial charge in [0.05, 0.1) is 18.7 Å². The van der Waals surface area contributed by atoms with Crippen molar-refractivity contribution in [3.63, 3.8) is 0 Å². The fourth-order valence-corrected chi connectivity index (χ4v) is 3.23. The van der Waals surface area contributed by atoms with Crippen molar-refractivity contribution in [3.8, 4) is 22.9 Å². The van der Waals surface area contributed by atoms with Gasteiger partial charge in [-0.25, -0.2) is 0 Å². The average molecular weight is 449 g/mol. The van der Waals surface area contributed by atoms with Gasteiger partial charge in [0.2, 0.25) is 0 Å². The lowest BCUT2D eigenvalue weighted by Gasteiger charge is -2.22. The van der Waals surface area contributed by atoms with Crippen LogP contribution in [0.3, 0.4) is 0 Å². The van der Waals surface area contributed by atoms with Gasteiger partial charge in [-0.15, -0.1) is 0 Å². The van der Waals surface area contributed by atoms with Crippen LogP contribution in [0.25, 0.3) is 11.1 Å². The summed E-state index contributed by atoms with van der Waals surface area (Å²) in [7, 11) is 0. The van der Waals surface area contributed by atoms with Crippen LogP contribution in [0.4, 0.5) is 19.0 Å². The molecule has 4 rings (SSSR count). The van der Waals surface area contributed by atoms with Gasteiger partial charge in [0.25, 0.3) is 0 Å². The third-order valence-corrected chi connectivity index (χ3v) is 4.82. The van der Waals surface area contributed by atoms with E-state index >= 15 is 0 Å². The van der Waals surface area contributed by atoms with E-state index < -0.39 is 16.7 Å². The van der Waals surface area contributed by atoms with Crippen LogP contribution in [0.5, 0.6) is 11.8 Å². The van der Waals surface area contributed by atoms with Crippen molar-refractivity contribution < 1.29 is 32.3 Å². The smallest absolute Gasteiger partial charge is 0.416 e. The Bertz CT molecular complexity index is 1080. The lowest BCUT2D eigenvalue weighted by molar-refractivity contribution is -0.389. The van der Waals surface area contributed by atoms with Crippen LogP contribution in [0.1, 0.15) is 5.56 Å². The Morgan fingerprint density at radius 3 is 2.38 bits per heavy atom. The van der Waals surface area contributed by atoms with Crippen molar-refractivity contribution in [1.82, 2.24) is 9.55 Å². The number of benzene rings is 2. The summed E-state index contributed by atoms with van der Waals surface area (Å²) < 4.78 is 56.3. The molecule has 0 N–H and O–H groups in total. The van der Waals surface area contributed by atoms with Crippen molar-refractivity contribution in [3.05, 3.63) is 70.4 Å². The number of hydrogen-bond acceptors (Lipinski definition) is 6. The quantitative estimate of drug-likeness (QED) is 0.303. The molecule has 1 aromatic heterocycles. The number of rotatable bonds is 7. The van der Waals surface area contributed by atoms with Crippen LogP contribution in [0.15, 0.2) is 54.7 Å². The lowest BCUT2D eigenvalue weighted by Crippen LogP contribution is -2.33. The molecule has 2 aromatic carbocycles. The van der Waals surface area contributed by atoms with E-state index in [1.807, 2.05) is 0 Å². The summed E-state index contributed by atoms with van der Waals surface area (Å²) in [6, 6.07) is 12.1. The summed E-state index contributed by atoms with van der Waals surface area (Å²) in [5.74, 6) is 0.320. The van der Waals surface area contributed by atoms with Gasteiger partial charge in [-0.3, -0.25) is 4.57 Å². The van der Waals surface area contributed by atoms with Gasteiger partial charge < -0.3 is 24.3 Å². The number of aromatic nitrogens is 2. The Kier molecular flexibility index (Phi) is 5.99. The Labute approximate surface area is 180 Å². The molecular formula is C21H18F3N3O5. The summed E-state index contributed by atoms with van der Waals surface area (Å²) in [6.45, 7) is 1.17. The zero-order chi connectivity index (χ0) is 22.7. The molecule has 1 atom stereocenters. The second-order valence-electron chi connectivity index (χ2n) is 7.04. The van der Waals surface area contributed by atoms with E-state index in [0.717, 1.165) is 17.7 Å². The molecule has 0 bridgehead atoms. The standard InChI is InChI=1S/C21H18F3N3O5/c22-21(23,24)16-5-1-14(2-6-16)15-3-7-17(8-4-15)30-9-10-31-18-11-26-12-19(27(28)29)25-20(26)32-13-18/h1-8,12,18H,9-11,13H2/t18-/m0/s1. The molecule has 0 spiro atoms. The summed E-state index contributed by atoms with van der Waals surface area (Å²) in [4.78, 5) is 14.0. The predicted octanol–water partition coefficient (Wildman–Crippen LogP) is 4.33. The predicted molar refractivity (Wildman–Crippen MR) is 106 cm³/mol. The van der Waals surface area contributed by atoms with E-state index in [-0.39, 0.29) is 37.8 Å². The van der Waals surface area contributed by atoms with Crippen LogP contribution >= 0.6 is 0 Å². The second-order valence-corrected chi connectivity index (χ2v) is 7.04. The highest BCUT2D eigenvalue weighted by Crippen LogP contribution is 2.31. The van der Waals surface area contributed by atoms with Crippen molar-refractivity contribution in [2.24, 2.45) is 0 Å². The number of ether oxygens (including phenoxy) is 3. The normalized spacial score (nSPS) is 15.7. The van der Waals surface area contributed by atoms with Gasteiger partial charge in [0.1, 0.15) is 31.3 Å². The highest BCUT2D eigenvalue weighted by molar-refractivity contribution is 5.64. The van der Waals surface area contributed by atoms with Gasteiger partial charge in [-0.05, 0) is 40.3 Å². The van der Waals surface area contributed by atoms with Crippen LogP contribution in [-0.4, -0.2) is 40.4 Å². The summed E-state index contributed by atoms with van der Waals surface area (Å²) in [5, 5.41) is 10.8. The minimum absolute atomic E-state index is 0.195. The van der Waals surface area contributed by atoms with Crippen LogP contribution < -0.4 is 9.47 Å². The Balaban J connectivity index is 1.24. The van der Waals surface area contributed by atoms with E-state index in [9.17, 15) is 23.3 Å². The molecule has 168 valence electrons. The van der Waals surface area contributed by atoms with Gasteiger partial charge in [0, 0.05) is 4.98 Å². The first-order chi connectivity index (χ1) is 15.3. The van der Waals surface area contributed by atoms with E-state index in [2.05, 4.69) is 4.98 Å². The summed E-state index contributed by atoms with van der Waals surface area (Å²) >= 11 is 0. The van der Waals surface area contributed by atoms with Gasteiger partial charge >= 0.3 is 18.0 Å². The molecule has 0 radical (unpaired) electrons. The molecule has 32 heavy (non-hydrogen) atoms. The molecule has 2 heterocycles. The molecule has 3 aromatic rings. The van der Waals surface area contributed by atoms with E-state index in [1.165, 1.54) is 22.9 Å². The van der Waals surface area contributed by atoms with Crippen LogP contribution in [-0.2, 0) is 17.5 Å². The largest absolute Gasteiger partial charge is 0.491 e. The van der Waals surface area contributed by atoms with Crippen molar-refractivity contribution in [2.75, 3.05) is 19.8 Å². The monoisotopic (exact) mass is 449 g/mol. The fourth-order valence-electron chi connectivity index (χ4n) is 3.23. The van der Waals surface area contributed by atoms with E-state index in [0.29, 0.717) is 17.9 Å². The molecule has 0 unspecified atom stereocenters. The molecule has 0 fully saturated rings. The maximum atomic E-state index is 12.7.